The van der Waals surface area contributed by atoms with Crippen LogP contribution >= 0.6 is 0 Å². The molecular formula is C36H44N2O8. The molecule has 0 aliphatic carbocycles. The number of aliphatic hydroxyl groups excluding tert-OH is 1. The Labute approximate surface area is 270 Å². The Balaban J connectivity index is 1.68. The highest BCUT2D eigenvalue weighted by molar-refractivity contribution is 6.01. The molecule has 0 saturated heterocycles. The fourth-order valence-corrected chi connectivity index (χ4v) is 5.13. The average molecular weight is 633 g/mol. The summed E-state index contributed by atoms with van der Waals surface area (Å²) in [5, 5.41) is 12.1. The summed E-state index contributed by atoms with van der Waals surface area (Å²) in [6.07, 6.45) is 0.233. The van der Waals surface area contributed by atoms with Crippen molar-refractivity contribution in [3.63, 3.8) is 0 Å². The number of methoxy groups -OCH3 is 2. The Kier molecular flexibility index (Phi) is 11.7. The average Bonchev–Trinajstić information content (AvgIpc) is 3.45. The topological polar surface area (TPSA) is 125 Å². The molecule has 10 heteroatoms. The van der Waals surface area contributed by atoms with Gasteiger partial charge in [-0.15, -0.1) is 0 Å². The summed E-state index contributed by atoms with van der Waals surface area (Å²) in [6, 6.07) is 22.2. The maximum Gasteiger partial charge on any atom is 0.306 e. The molecule has 2 N–H and O–H groups in total. The van der Waals surface area contributed by atoms with Crippen LogP contribution in [0.5, 0.6) is 17.2 Å². The smallest absolute Gasteiger partial charge is 0.306 e. The van der Waals surface area contributed by atoms with Crippen molar-refractivity contribution in [2.75, 3.05) is 34.0 Å². The number of hydrogen-bond acceptors (Lipinski definition) is 9. The molecule has 10 nitrogen and oxygen atoms in total. The van der Waals surface area contributed by atoms with Crippen molar-refractivity contribution in [3.8, 4) is 17.2 Å². The van der Waals surface area contributed by atoms with Gasteiger partial charge in [0.15, 0.2) is 11.6 Å². The second-order valence-corrected chi connectivity index (χ2v) is 12.0. The highest BCUT2D eigenvalue weighted by Crippen LogP contribution is 2.44. The van der Waals surface area contributed by atoms with Crippen LogP contribution in [-0.2, 0) is 25.5 Å². The Morgan fingerprint density at radius 1 is 0.957 bits per heavy atom. The molecule has 1 aliphatic heterocycles. The summed E-state index contributed by atoms with van der Waals surface area (Å²) < 4.78 is 28.5. The molecule has 2 atom stereocenters. The van der Waals surface area contributed by atoms with Gasteiger partial charge in [-0.25, -0.2) is 4.99 Å². The highest BCUT2D eigenvalue weighted by atomic mass is 16.6. The number of amides is 1. The van der Waals surface area contributed by atoms with Crippen molar-refractivity contribution in [3.05, 3.63) is 89.5 Å². The standard InChI is InChI=1S/C36H44N2O8/c1-35(2,3)46-31(40)18-20-36(34(41)37-21-19-25-10-14-28(42-4)15-11-25)32(27-8-6-9-30(24-27)43-5)45-33(38-36)26-12-16-29(17-13-26)44-23-7-22-39/h6,8-17,24,32,39H,7,18-23H2,1-5H3,(H,37,41)/t32-,36-/m1/s1. The molecule has 1 aliphatic rings. The summed E-state index contributed by atoms with van der Waals surface area (Å²) in [4.78, 5) is 32.3. The molecule has 0 aromatic heterocycles. The number of esters is 1. The fourth-order valence-electron chi connectivity index (χ4n) is 5.13. The lowest BCUT2D eigenvalue weighted by atomic mass is 9.83. The van der Waals surface area contributed by atoms with Crippen LogP contribution in [0.25, 0.3) is 0 Å². The summed E-state index contributed by atoms with van der Waals surface area (Å²) >= 11 is 0. The van der Waals surface area contributed by atoms with Gasteiger partial charge in [0.1, 0.15) is 22.8 Å². The van der Waals surface area contributed by atoms with Gasteiger partial charge in [-0.05, 0) is 93.3 Å². The van der Waals surface area contributed by atoms with Crippen LogP contribution < -0.4 is 19.5 Å². The van der Waals surface area contributed by atoms with Crippen molar-refractivity contribution in [2.24, 2.45) is 4.99 Å². The molecule has 1 heterocycles. The zero-order valence-corrected chi connectivity index (χ0v) is 27.2. The number of carbonyl (C=O) groups is 2. The molecule has 3 aromatic carbocycles. The van der Waals surface area contributed by atoms with Crippen molar-refractivity contribution in [1.82, 2.24) is 5.32 Å². The first-order valence-electron chi connectivity index (χ1n) is 15.4. The van der Waals surface area contributed by atoms with E-state index in [1.54, 1.807) is 59.3 Å². The van der Waals surface area contributed by atoms with Crippen LogP contribution in [0.15, 0.2) is 77.8 Å². The van der Waals surface area contributed by atoms with Gasteiger partial charge in [-0.2, -0.15) is 0 Å². The van der Waals surface area contributed by atoms with Crippen molar-refractivity contribution >= 4 is 17.8 Å². The third-order valence-electron chi connectivity index (χ3n) is 7.42. The zero-order valence-electron chi connectivity index (χ0n) is 27.2. The van der Waals surface area contributed by atoms with Crippen molar-refractivity contribution in [2.45, 2.75) is 63.7 Å². The van der Waals surface area contributed by atoms with E-state index in [2.05, 4.69) is 5.32 Å². The van der Waals surface area contributed by atoms with Crippen LogP contribution in [0.2, 0.25) is 0 Å². The molecule has 246 valence electrons. The van der Waals surface area contributed by atoms with E-state index in [-0.39, 0.29) is 31.3 Å². The van der Waals surface area contributed by atoms with Gasteiger partial charge in [0.25, 0.3) is 5.91 Å². The van der Waals surface area contributed by atoms with E-state index < -0.39 is 23.2 Å². The second kappa shape index (κ2) is 15.6. The Morgan fingerprint density at radius 3 is 2.30 bits per heavy atom. The summed E-state index contributed by atoms with van der Waals surface area (Å²) in [5.41, 5.74) is 0.179. The number of nitrogens with zero attached hydrogens (tertiary/aromatic N) is 1. The first-order valence-corrected chi connectivity index (χ1v) is 15.4. The number of aliphatic imine (C=N–C) groups is 1. The molecule has 0 fully saturated rings. The van der Waals surface area contributed by atoms with Gasteiger partial charge in [-0.1, -0.05) is 24.3 Å². The summed E-state index contributed by atoms with van der Waals surface area (Å²) in [7, 11) is 3.19. The molecule has 0 spiro atoms. The minimum atomic E-state index is -1.49. The lowest BCUT2D eigenvalue weighted by molar-refractivity contribution is -0.155. The minimum Gasteiger partial charge on any atom is -0.497 e. The van der Waals surface area contributed by atoms with Gasteiger partial charge in [0, 0.05) is 31.6 Å². The van der Waals surface area contributed by atoms with Crippen molar-refractivity contribution in [1.29, 1.82) is 0 Å². The second-order valence-electron chi connectivity index (χ2n) is 12.0. The van der Waals surface area contributed by atoms with Crippen LogP contribution in [-0.4, -0.2) is 68.0 Å². The largest absolute Gasteiger partial charge is 0.497 e. The summed E-state index contributed by atoms with van der Waals surface area (Å²) in [5.74, 6) is 1.45. The Morgan fingerprint density at radius 2 is 1.65 bits per heavy atom. The number of ether oxygens (including phenoxy) is 5. The van der Waals surface area contributed by atoms with Crippen molar-refractivity contribution < 1.29 is 38.4 Å². The van der Waals surface area contributed by atoms with E-state index in [0.29, 0.717) is 48.6 Å². The SMILES string of the molecule is COc1ccc(CCNC(=O)[C@]2(CCC(=O)OC(C)(C)C)N=C(c3ccc(OCCCO)cc3)O[C@@H]2c2cccc(OC)c2)cc1. The van der Waals surface area contributed by atoms with E-state index in [1.807, 2.05) is 48.5 Å². The lowest BCUT2D eigenvalue weighted by Gasteiger charge is -2.31. The van der Waals surface area contributed by atoms with E-state index in [1.165, 1.54) is 0 Å². The molecule has 0 unspecified atom stereocenters. The van der Waals surface area contributed by atoms with E-state index >= 15 is 0 Å². The number of carbonyl (C=O) groups excluding carboxylic acids is 2. The van der Waals surface area contributed by atoms with E-state index in [0.717, 1.165) is 11.3 Å². The third kappa shape index (κ3) is 9.00. The molecule has 46 heavy (non-hydrogen) atoms. The fraction of sp³-hybridized carbons (Fsp3) is 0.417. The molecule has 0 bridgehead atoms. The predicted molar refractivity (Wildman–Crippen MR) is 175 cm³/mol. The van der Waals surface area contributed by atoms with E-state index in [4.69, 9.17) is 33.8 Å². The first-order chi connectivity index (χ1) is 22.1. The van der Waals surface area contributed by atoms with E-state index in [9.17, 15) is 9.59 Å². The maximum absolute atomic E-state index is 14.3. The Hall–Kier alpha value is -4.57. The molecular weight excluding hydrogens is 588 g/mol. The number of benzene rings is 3. The van der Waals surface area contributed by atoms with Gasteiger partial charge >= 0.3 is 5.97 Å². The minimum absolute atomic E-state index is 0.0436. The van der Waals surface area contributed by atoms with Gasteiger partial charge in [0.2, 0.25) is 5.90 Å². The summed E-state index contributed by atoms with van der Waals surface area (Å²) in [6.45, 7) is 6.18. The maximum atomic E-state index is 14.3. The molecule has 0 saturated carbocycles. The monoisotopic (exact) mass is 632 g/mol. The molecule has 1 amide bonds. The zero-order chi connectivity index (χ0) is 33.2. The Bertz CT molecular complexity index is 1480. The lowest BCUT2D eigenvalue weighted by Crippen LogP contribution is -2.49. The molecule has 0 radical (unpaired) electrons. The first kappa shape index (κ1) is 34.3. The third-order valence-corrected chi connectivity index (χ3v) is 7.42. The van der Waals surface area contributed by atoms with Crippen LogP contribution in [0.1, 0.15) is 62.8 Å². The van der Waals surface area contributed by atoms with Gasteiger partial charge < -0.3 is 34.1 Å². The quantitative estimate of drug-likeness (QED) is 0.173. The number of rotatable bonds is 15. The molecule has 3 aromatic rings. The highest BCUT2D eigenvalue weighted by Gasteiger charge is 2.53. The number of aliphatic hydroxyl groups is 1. The van der Waals surface area contributed by atoms with Gasteiger partial charge in [-0.3, -0.25) is 9.59 Å². The normalized spacial score (nSPS) is 17.4. The number of hydrogen-bond donors (Lipinski definition) is 2. The van der Waals surface area contributed by atoms with Gasteiger partial charge in [0.05, 0.1) is 20.8 Å². The van der Waals surface area contributed by atoms with Crippen LogP contribution in [0.3, 0.4) is 0 Å². The van der Waals surface area contributed by atoms with Crippen LogP contribution in [0.4, 0.5) is 0 Å². The van der Waals surface area contributed by atoms with Crippen LogP contribution in [0, 0.1) is 0 Å². The number of nitrogens with one attached hydrogen (secondary N) is 1. The molecule has 4 rings (SSSR count). The predicted octanol–water partition coefficient (Wildman–Crippen LogP) is 5.20.